The standard InChI is InChI=1S/C19H13N3O4/c23-18(12-4-7-25-10-12)21-16-1-2-17(15-9-20-6-3-14(15)16)22-19(24)13-5-8-26-11-13/h1-11H,(H,21,23)(H,22,24). The summed E-state index contributed by atoms with van der Waals surface area (Å²) in [6.45, 7) is 0. The molecule has 2 amide bonds. The number of anilines is 2. The van der Waals surface area contributed by atoms with Crippen molar-refractivity contribution in [3.05, 3.63) is 78.9 Å². The average molecular weight is 347 g/mol. The van der Waals surface area contributed by atoms with Crippen molar-refractivity contribution in [2.45, 2.75) is 0 Å². The van der Waals surface area contributed by atoms with Crippen molar-refractivity contribution in [2.24, 2.45) is 0 Å². The zero-order valence-corrected chi connectivity index (χ0v) is 13.4. The topological polar surface area (TPSA) is 97.4 Å². The molecular weight excluding hydrogens is 334 g/mol. The quantitative estimate of drug-likeness (QED) is 0.583. The SMILES string of the molecule is O=C(Nc1ccc(NC(=O)c2ccoc2)c2cnccc12)c1ccoc1. The van der Waals surface area contributed by atoms with Crippen LogP contribution in [0.4, 0.5) is 11.4 Å². The number of pyridine rings is 1. The van der Waals surface area contributed by atoms with Crippen LogP contribution in [-0.2, 0) is 0 Å². The molecule has 4 aromatic rings. The highest BCUT2D eigenvalue weighted by Crippen LogP contribution is 2.30. The van der Waals surface area contributed by atoms with Crippen LogP contribution in [0.2, 0.25) is 0 Å². The minimum Gasteiger partial charge on any atom is -0.472 e. The lowest BCUT2D eigenvalue weighted by atomic mass is 10.1. The van der Waals surface area contributed by atoms with E-state index in [0.29, 0.717) is 27.9 Å². The monoisotopic (exact) mass is 347 g/mol. The Labute approximate surface area is 147 Å². The van der Waals surface area contributed by atoms with Gasteiger partial charge in [-0.3, -0.25) is 14.6 Å². The number of amides is 2. The van der Waals surface area contributed by atoms with Gasteiger partial charge in [0.25, 0.3) is 11.8 Å². The highest BCUT2D eigenvalue weighted by Gasteiger charge is 2.14. The van der Waals surface area contributed by atoms with Gasteiger partial charge >= 0.3 is 0 Å². The van der Waals surface area contributed by atoms with E-state index in [0.717, 1.165) is 5.39 Å². The molecule has 7 heteroatoms. The number of rotatable bonds is 4. The molecule has 0 saturated carbocycles. The second-order valence-electron chi connectivity index (χ2n) is 5.51. The Balaban J connectivity index is 1.67. The maximum absolute atomic E-state index is 12.3. The molecule has 0 saturated heterocycles. The van der Waals surface area contributed by atoms with Gasteiger partial charge in [0.2, 0.25) is 0 Å². The molecular formula is C19H13N3O4. The zero-order chi connectivity index (χ0) is 17.9. The van der Waals surface area contributed by atoms with E-state index in [1.54, 1.807) is 42.7 Å². The zero-order valence-electron chi connectivity index (χ0n) is 13.4. The number of carbonyl (C=O) groups excluding carboxylic acids is 2. The van der Waals surface area contributed by atoms with Crippen molar-refractivity contribution in [3.63, 3.8) is 0 Å². The highest BCUT2D eigenvalue weighted by molar-refractivity contribution is 6.14. The maximum Gasteiger partial charge on any atom is 0.258 e. The van der Waals surface area contributed by atoms with Gasteiger partial charge in [0.05, 0.1) is 29.3 Å². The van der Waals surface area contributed by atoms with Gasteiger partial charge in [-0.2, -0.15) is 0 Å². The summed E-state index contributed by atoms with van der Waals surface area (Å²) < 4.78 is 9.86. The number of benzene rings is 1. The molecule has 3 heterocycles. The van der Waals surface area contributed by atoms with E-state index >= 15 is 0 Å². The van der Waals surface area contributed by atoms with E-state index in [1.165, 1.54) is 25.1 Å². The fourth-order valence-electron chi connectivity index (χ4n) is 2.58. The summed E-state index contributed by atoms with van der Waals surface area (Å²) in [5.74, 6) is -0.578. The van der Waals surface area contributed by atoms with Gasteiger partial charge in [0.1, 0.15) is 12.5 Å². The van der Waals surface area contributed by atoms with Gasteiger partial charge in [-0.05, 0) is 30.3 Å². The first-order valence-electron chi connectivity index (χ1n) is 7.76. The number of fused-ring (bicyclic) bond motifs is 1. The van der Waals surface area contributed by atoms with E-state index in [1.807, 2.05) is 0 Å². The van der Waals surface area contributed by atoms with Crippen LogP contribution in [0.15, 0.2) is 76.6 Å². The number of nitrogens with one attached hydrogen (secondary N) is 2. The van der Waals surface area contributed by atoms with Crippen LogP contribution in [0.1, 0.15) is 20.7 Å². The molecule has 3 aromatic heterocycles. The summed E-state index contributed by atoms with van der Waals surface area (Å²) in [7, 11) is 0. The molecule has 26 heavy (non-hydrogen) atoms. The Bertz CT molecular complexity index is 983. The minimum absolute atomic E-state index is 0.285. The third-order valence-electron chi connectivity index (χ3n) is 3.88. The number of carbonyl (C=O) groups is 2. The molecule has 0 aliphatic heterocycles. The predicted molar refractivity (Wildman–Crippen MR) is 95.1 cm³/mol. The second-order valence-corrected chi connectivity index (χ2v) is 5.51. The van der Waals surface area contributed by atoms with E-state index in [2.05, 4.69) is 15.6 Å². The van der Waals surface area contributed by atoms with Crippen LogP contribution in [0.25, 0.3) is 10.8 Å². The van der Waals surface area contributed by atoms with Gasteiger partial charge in [-0.25, -0.2) is 0 Å². The van der Waals surface area contributed by atoms with Crippen molar-refractivity contribution in [1.82, 2.24) is 4.98 Å². The maximum atomic E-state index is 12.3. The van der Waals surface area contributed by atoms with E-state index in [4.69, 9.17) is 8.83 Å². The molecule has 0 bridgehead atoms. The Morgan fingerprint density at radius 3 is 1.88 bits per heavy atom. The molecule has 4 rings (SSSR count). The molecule has 0 unspecified atom stereocenters. The third-order valence-corrected chi connectivity index (χ3v) is 3.88. The molecule has 0 aliphatic rings. The van der Waals surface area contributed by atoms with Crippen LogP contribution in [0, 0.1) is 0 Å². The highest BCUT2D eigenvalue weighted by atomic mass is 16.3. The van der Waals surface area contributed by atoms with Crippen LogP contribution in [-0.4, -0.2) is 16.8 Å². The molecule has 7 nitrogen and oxygen atoms in total. The van der Waals surface area contributed by atoms with Crippen molar-refractivity contribution >= 4 is 34.0 Å². The molecule has 2 N–H and O–H groups in total. The number of furan rings is 2. The van der Waals surface area contributed by atoms with Crippen molar-refractivity contribution in [1.29, 1.82) is 0 Å². The predicted octanol–water partition coefficient (Wildman–Crippen LogP) is 3.93. The van der Waals surface area contributed by atoms with Crippen molar-refractivity contribution in [2.75, 3.05) is 10.6 Å². The summed E-state index contributed by atoms with van der Waals surface area (Å²) in [6, 6.07) is 8.37. The first kappa shape index (κ1) is 15.6. The second kappa shape index (κ2) is 6.56. The molecule has 0 aliphatic carbocycles. The van der Waals surface area contributed by atoms with Gasteiger partial charge in [-0.15, -0.1) is 0 Å². The largest absolute Gasteiger partial charge is 0.472 e. The fraction of sp³-hybridized carbons (Fsp3) is 0. The first-order chi connectivity index (χ1) is 12.7. The molecule has 0 atom stereocenters. The van der Waals surface area contributed by atoms with E-state index in [-0.39, 0.29) is 11.8 Å². The Hall–Kier alpha value is -3.87. The third kappa shape index (κ3) is 2.93. The minimum atomic E-state index is -0.293. The lowest BCUT2D eigenvalue weighted by Gasteiger charge is -2.12. The molecule has 1 aromatic carbocycles. The fourth-order valence-corrected chi connectivity index (χ4v) is 2.58. The van der Waals surface area contributed by atoms with E-state index < -0.39 is 0 Å². The molecule has 0 spiro atoms. The Morgan fingerprint density at radius 2 is 1.35 bits per heavy atom. The summed E-state index contributed by atoms with van der Waals surface area (Å²) in [6.07, 6.45) is 8.87. The number of hydrogen-bond acceptors (Lipinski definition) is 5. The van der Waals surface area contributed by atoms with Crippen LogP contribution >= 0.6 is 0 Å². The van der Waals surface area contributed by atoms with Crippen LogP contribution < -0.4 is 10.6 Å². The lowest BCUT2D eigenvalue weighted by molar-refractivity contribution is 0.101. The number of hydrogen-bond donors (Lipinski definition) is 2. The number of aromatic nitrogens is 1. The molecule has 0 fully saturated rings. The number of nitrogens with zero attached hydrogens (tertiary/aromatic N) is 1. The summed E-state index contributed by atoms with van der Waals surface area (Å²) in [5, 5.41) is 7.12. The molecule has 128 valence electrons. The van der Waals surface area contributed by atoms with Crippen LogP contribution in [0.3, 0.4) is 0 Å². The first-order valence-corrected chi connectivity index (χ1v) is 7.76. The lowest BCUT2D eigenvalue weighted by Crippen LogP contribution is -2.13. The van der Waals surface area contributed by atoms with Crippen molar-refractivity contribution in [3.8, 4) is 0 Å². The Morgan fingerprint density at radius 1 is 0.769 bits per heavy atom. The van der Waals surface area contributed by atoms with Gasteiger partial charge in [0.15, 0.2) is 0 Å². The van der Waals surface area contributed by atoms with Gasteiger partial charge < -0.3 is 19.5 Å². The van der Waals surface area contributed by atoms with Crippen LogP contribution in [0.5, 0.6) is 0 Å². The van der Waals surface area contributed by atoms with E-state index in [9.17, 15) is 9.59 Å². The van der Waals surface area contributed by atoms with Gasteiger partial charge in [-0.1, -0.05) is 0 Å². The smallest absolute Gasteiger partial charge is 0.258 e. The summed E-state index contributed by atoms with van der Waals surface area (Å²) in [4.78, 5) is 28.7. The Kier molecular flexibility index (Phi) is 3.95. The average Bonchev–Trinajstić information content (AvgIpc) is 3.37. The molecule has 0 radical (unpaired) electrons. The normalized spacial score (nSPS) is 10.6. The summed E-state index contributed by atoms with van der Waals surface area (Å²) >= 11 is 0. The van der Waals surface area contributed by atoms with Crippen molar-refractivity contribution < 1.29 is 18.4 Å². The summed E-state index contributed by atoms with van der Waals surface area (Å²) in [5.41, 5.74) is 2.03. The van der Waals surface area contributed by atoms with Gasteiger partial charge in [0, 0.05) is 28.9 Å².